The second kappa shape index (κ2) is 8.98. The largest absolute Gasteiger partial charge is 0.444 e. The van der Waals surface area contributed by atoms with Crippen LogP contribution in [0.5, 0.6) is 0 Å². The highest BCUT2D eigenvalue weighted by atomic mass is 16.6. The van der Waals surface area contributed by atoms with E-state index in [4.69, 9.17) is 10.5 Å². The van der Waals surface area contributed by atoms with Crippen LogP contribution in [-0.4, -0.2) is 82.1 Å². The van der Waals surface area contributed by atoms with Crippen LogP contribution in [0.25, 0.3) is 0 Å². The molecule has 2 aliphatic rings. The Bertz CT molecular complexity index is 660. The van der Waals surface area contributed by atoms with Gasteiger partial charge in [0, 0.05) is 19.6 Å². The van der Waals surface area contributed by atoms with Crippen molar-refractivity contribution in [1.82, 2.24) is 15.1 Å². The summed E-state index contributed by atoms with van der Waals surface area (Å²) in [6, 6.07) is -1.94. The number of hydrogen-bond donors (Lipinski definition) is 3. The van der Waals surface area contributed by atoms with Crippen molar-refractivity contribution in [3.8, 4) is 0 Å². The maximum atomic E-state index is 13.0. The molecule has 4 amide bonds. The van der Waals surface area contributed by atoms with E-state index < -0.39 is 47.6 Å². The normalized spacial score (nSPS) is 24.2. The molecule has 2 fully saturated rings. The van der Waals surface area contributed by atoms with E-state index in [1.807, 2.05) is 0 Å². The average Bonchev–Trinajstić information content (AvgIpc) is 3.26. The smallest absolute Gasteiger partial charge is 0.410 e. The van der Waals surface area contributed by atoms with Gasteiger partial charge in [-0.3, -0.25) is 14.4 Å². The SMILES string of the molecule is C[C@@H](O)[C@H](NC(=O)[C@H]1CCCN1C(=O)[C@H]1CCN(C(=O)OC(C)(C)C)C1)C(N)=O. The van der Waals surface area contributed by atoms with Crippen LogP contribution in [-0.2, 0) is 19.1 Å². The summed E-state index contributed by atoms with van der Waals surface area (Å²) < 4.78 is 5.35. The quantitative estimate of drug-likeness (QED) is 0.560. The fourth-order valence-corrected chi connectivity index (χ4v) is 3.67. The van der Waals surface area contributed by atoms with Crippen LogP contribution in [0.1, 0.15) is 47.0 Å². The van der Waals surface area contributed by atoms with Crippen molar-refractivity contribution in [2.75, 3.05) is 19.6 Å². The molecule has 29 heavy (non-hydrogen) atoms. The zero-order chi connectivity index (χ0) is 21.9. The number of likely N-dealkylation sites (tertiary alicyclic amines) is 2. The molecule has 0 aromatic rings. The van der Waals surface area contributed by atoms with Crippen LogP contribution in [0.4, 0.5) is 4.79 Å². The monoisotopic (exact) mass is 412 g/mol. The topological polar surface area (TPSA) is 142 Å². The summed E-state index contributed by atoms with van der Waals surface area (Å²) in [5.41, 5.74) is 4.61. The highest BCUT2D eigenvalue weighted by Crippen LogP contribution is 2.26. The maximum absolute atomic E-state index is 13.0. The Morgan fingerprint density at radius 2 is 1.83 bits per heavy atom. The fourth-order valence-electron chi connectivity index (χ4n) is 3.67. The maximum Gasteiger partial charge on any atom is 0.410 e. The van der Waals surface area contributed by atoms with E-state index in [0.717, 1.165) is 0 Å². The van der Waals surface area contributed by atoms with Gasteiger partial charge in [0.1, 0.15) is 17.7 Å². The molecular weight excluding hydrogens is 380 g/mol. The first-order chi connectivity index (χ1) is 13.4. The van der Waals surface area contributed by atoms with Crippen molar-refractivity contribution in [2.45, 2.75) is 70.7 Å². The summed E-state index contributed by atoms with van der Waals surface area (Å²) in [4.78, 5) is 52.3. The summed E-state index contributed by atoms with van der Waals surface area (Å²) in [6.45, 7) is 7.79. The number of carbonyl (C=O) groups is 4. The number of nitrogens with zero attached hydrogens (tertiary/aromatic N) is 2. The first-order valence-electron chi connectivity index (χ1n) is 9.97. The van der Waals surface area contributed by atoms with Crippen LogP contribution < -0.4 is 11.1 Å². The summed E-state index contributed by atoms with van der Waals surface area (Å²) >= 11 is 0. The van der Waals surface area contributed by atoms with Gasteiger partial charge >= 0.3 is 6.09 Å². The standard InChI is InChI=1S/C19H32N4O6/c1-11(24)14(15(20)25)21-16(26)13-6-5-8-23(13)17(27)12-7-9-22(10-12)18(28)29-19(2,3)4/h11-14,24H,5-10H2,1-4H3,(H2,20,25)(H,21,26)/t11-,12+,13-,14+/m1/s1. The molecule has 164 valence electrons. The van der Waals surface area contributed by atoms with Crippen molar-refractivity contribution < 1.29 is 29.0 Å². The van der Waals surface area contributed by atoms with E-state index in [2.05, 4.69) is 5.32 Å². The second-order valence-corrected chi connectivity index (χ2v) is 8.73. The molecule has 10 nitrogen and oxygen atoms in total. The number of amides is 4. The van der Waals surface area contributed by atoms with Gasteiger partial charge in [0.05, 0.1) is 12.0 Å². The third kappa shape index (κ3) is 5.81. The van der Waals surface area contributed by atoms with E-state index in [1.54, 1.807) is 20.8 Å². The number of rotatable bonds is 5. The minimum Gasteiger partial charge on any atom is -0.444 e. The number of hydrogen-bond acceptors (Lipinski definition) is 6. The molecular formula is C19H32N4O6. The van der Waals surface area contributed by atoms with E-state index in [1.165, 1.54) is 16.7 Å². The predicted molar refractivity (Wildman–Crippen MR) is 103 cm³/mol. The van der Waals surface area contributed by atoms with Gasteiger partial charge < -0.3 is 30.7 Å². The third-order valence-corrected chi connectivity index (χ3v) is 5.11. The van der Waals surface area contributed by atoms with Gasteiger partial charge in [-0.05, 0) is 47.0 Å². The molecule has 0 aliphatic carbocycles. The zero-order valence-electron chi connectivity index (χ0n) is 17.5. The zero-order valence-corrected chi connectivity index (χ0v) is 17.5. The van der Waals surface area contributed by atoms with Gasteiger partial charge in [0.15, 0.2) is 0 Å². The number of carbonyl (C=O) groups excluding carboxylic acids is 4. The molecule has 0 bridgehead atoms. The fraction of sp³-hybridized carbons (Fsp3) is 0.789. The number of primary amides is 1. The highest BCUT2D eigenvalue weighted by molar-refractivity contribution is 5.93. The van der Waals surface area contributed by atoms with Gasteiger partial charge in [-0.1, -0.05) is 0 Å². The van der Waals surface area contributed by atoms with Crippen LogP contribution in [0.3, 0.4) is 0 Å². The number of aliphatic hydroxyl groups is 1. The molecule has 2 aliphatic heterocycles. The molecule has 0 spiro atoms. The summed E-state index contributed by atoms with van der Waals surface area (Å²) in [7, 11) is 0. The lowest BCUT2D eigenvalue weighted by molar-refractivity contribution is -0.142. The van der Waals surface area contributed by atoms with Gasteiger partial charge in [0.25, 0.3) is 0 Å². The first kappa shape index (κ1) is 22.9. The van der Waals surface area contributed by atoms with Gasteiger partial charge in [0.2, 0.25) is 17.7 Å². The van der Waals surface area contributed by atoms with Gasteiger partial charge in [-0.25, -0.2) is 4.79 Å². The number of nitrogens with two attached hydrogens (primary N) is 1. The Kier molecular flexibility index (Phi) is 7.10. The molecule has 0 aromatic heterocycles. The molecule has 0 unspecified atom stereocenters. The lowest BCUT2D eigenvalue weighted by Crippen LogP contribution is -2.56. The number of aliphatic hydroxyl groups excluding tert-OH is 1. The summed E-state index contributed by atoms with van der Waals surface area (Å²) in [5, 5.41) is 12.1. The van der Waals surface area contributed by atoms with Crippen LogP contribution in [0.2, 0.25) is 0 Å². The predicted octanol–water partition coefficient (Wildman–Crippen LogP) is -0.415. The molecule has 0 radical (unpaired) electrons. The summed E-state index contributed by atoms with van der Waals surface area (Å²) in [5.74, 6) is -1.95. The lowest BCUT2D eigenvalue weighted by Gasteiger charge is -2.28. The first-order valence-corrected chi connectivity index (χ1v) is 9.97. The van der Waals surface area contributed by atoms with Gasteiger partial charge in [-0.15, -0.1) is 0 Å². The molecule has 2 heterocycles. The van der Waals surface area contributed by atoms with Crippen molar-refractivity contribution in [1.29, 1.82) is 0 Å². The van der Waals surface area contributed by atoms with Crippen LogP contribution in [0, 0.1) is 5.92 Å². The molecule has 2 saturated heterocycles. The Morgan fingerprint density at radius 3 is 2.38 bits per heavy atom. The molecule has 4 atom stereocenters. The average molecular weight is 412 g/mol. The molecule has 2 rings (SSSR count). The highest BCUT2D eigenvalue weighted by Gasteiger charge is 2.41. The summed E-state index contributed by atoms with van der Waals surface area (Å²) in [6.07, 6.45) is 0.0256. The van der Waals surface area contributed by atoms with Gasteiger partial charge in [-0.2, -0.15) is 0 Å². The third-order valence-electron chi connectivity index (χ3n) is 5.11. The molecule has 10 heteroatoms. The Hall–Kier alpha value is -2.36. The van der Waals surface area contributed by atoms with E-state index in [9.17, 15) is 24.3 Å². The van der Waals surface area contributed by atoms with Crippen LogP contribution >= 0.6 is 0 Å². The van der Waals surface area contributed by atoms with Crippen molar-refractivity contribution in [2.24, 2.45) is 11.7 Å². The minimum atomic E-state index is -1.21. The molecule has 4 N–H and O–H groups in total. The van der Waals surface area contributed by atoms with Crippen molar-refractivity contribution in [3.05, 3.63) is 0 Å². The lowest BCUT2D eigenvalue weighted by atomic mass is 10.1. The molecule has 0 saturated carbocycles. The Morgan fingerprint density at radius 1 is 1.17 bits per heavy atom. The van der Waals surface area contributed by atoms with E-state index in [-0.39, 0.29) is 12.5 Å². The Labute approximate surface area is 170 Å². The number of ether oxygens (including phenoxy) is 1. The van der Waals surface area contributed by atoms with Crippen molar-refractivity contribution in [3.63, 3.8) is 0 Å². The Balaban J connectivity index is 1.99. The second-order valence-electron chi connectivity index (χ2n) is 8.73. The van der Waals surface area contributed by atoms with E-state index >= 15 is 0 Å². The molecule has 0 aromatic carbocycles. The van der Waals surface area contributed by atoms with Crippen molar-refractivity contribution >= 4 is 23.8 Å². The van der Waals surface area contributed by atoms with E-state index in [0.29, 0.717) is 32.4 Å². The minimum absolute atomic E-state index is 0.193. The number of nitrogens with one attached hydrogen (secondary N) is 1. The van der Waals surface area contributed by atoms with Crippen LogP contribution in [0.15, 0.2) is 0 Å².